The molecule has 0 aliphatic rings. The minimum Gasteiger partial charge on any atom is -0.337 e. The molecule has 7 nitrogen and oxygen atoms in total. The summed E-state index contributed by atoms with van der Waals surface area (Å²) in [5, 5.41) is 11.1. The number of aromatic nitrogens is 5. The lowest BCUT2D eigenvalue weighted by Crippen LogP contribution is -2.00. The molecule has 0 aromatic carbocycles. The third kappa shape index (κ3) is 2.06. The Morgan fingerprint density at radius 1 is 1.60 bits per heavy atom. The Balaban J connectivity index is 2.10. The van der Waals surface area contributed by atoms with E-state index in [1.807, 2.05) is 6.92 Å². The van der Waals surface area contributed by atoms with Crippen molar-refractivity contribution in [2.45, 2.75) is 19.9 Å². The van der Waals surface area contributed by atoms with E-state index < -0.39 is 0 Å². The predicted octanol–water partition coefficient (Wildman–Crippen LogP) is 0.0843. The van der Waals surface area contributed by atoms with Crippen LogP contribution in [0.4, 0.5) is 0 Å². The van der Waals surface area contributed by atoms with Crippen molar-refractivity contribution in [1.29, 1.82) is 0 Å². The van der Waals surface area contributed by atoms with Crippen LogP contribution in [0.2, 0.25) is 0 Å². The van der Waals surface area contributed by atoms with Crippen molar-refractivity contribution < 1.29 is 9.32 Å². The van der Waals surface area contributed by atoms with Crippen molar-refractivity contribution in [3.63, 3.8) is 0 Å². The maximum Gasteiger partial charge on any atom is 0.248 e. The first kappa shape index (κ1) is 9.50. The molecule has 0 spiro atoms. The Labute approximate surface area is 85.1 Å². The Bertz CT molecular complexity index is 461. The van der Waals surface area contributed by atoms with Gasteiger partial charge in [0, 0.05) is 6.42 Å². The summed E-state index contributed by atoms with van der Waals surface area (Å²) in [6.07, 6.45) is 2.87. The maximum absolute atomic E-state index is 10.4. The van der Waals surface area contributed by atoms with Gasteiger partial charge in [-0.2, -0.15) is 4.98 Å². The molecule has 2 aromatic heterocycles. The van der Waals surface area contributed by atoms with Crippen LogP contribution in [0.5, 0.6) is 0 Å². The minimum absolute atomic E-state index is 0.283. The topological polar surface area (TPSA) is 86.7 Å². The molecule has 78 valence electrons. The third-order valence-electron chi connectivity index (χ3n) is 1.80. The molecule has 0 unspecified atom stereocenters. The molecule has 7 heteroatoms. The van der Waals surface area contributed by atoms with E-state index in [2.05, 4.69) is 20.5 Å². The van der Waals surface area contributed by atoms with Gasteiger partial charge in [0.15, 0.2) is 12.1 Å². The molecule has 0 aliphatic heterocycles. The lowest BCUT2D eigenvalue weighted by atomic mass is 10.5. The lowest BCUT2D eigenvalue weighted by molar-refractivity contribution is 0.111. The molecular formula is C8H9N5O2. The van der Waals surface area contributed by atoms with Crippen LogP contribution in [-0.2, 0) is 13.0 Å². The first-order chi connectivity index (χ1) is 7.31. The van der Waals surface area contributed by atoms with Crippen molar-refractivity contribution in [3.05, 3.63) is 23.6 Å². The van der Waals surface area contributed by atoms with E-state index in [0.717, 1.165) is 6.42 Å². The van der Waals surface area contributed by atoms with Gasteiger partial charge in [-0.05, 0) is 0 Å². The highest BCUT2D eigenvalue weighted by atomic mass is 16.5. The largest absolute Gasteiger partial charge is 0.337 e. The number of hydrogen-bond donors (Lipinski definition) is 0. The molecule has 0 radical (unpaired) electrons. The number of aldehydes is 1. The second-order valence-electron chi connectivity index (χ2n) is 2.92. The van der Waals surface area contributed by atoms with Gasteiger partial charge in [-0.3, -0.25) is 4.79 Å². The lowest BCUT2D eigenvalue weighted by Gasteiger charge is -1.91. The molecular weight excluding hydrogens is 198 g/mol. The SMILES string of the molecule is CCc1noc(Cn2cc(C=O)nn2)n1. The average Bonchev–Trinajstić information content (AvgIpc) is 2.87. The number of carbonyl (C=O) groups is 1. The van der Waals surface area contributed by atoms with Gasteiger partial charge in [-0.15, -0.1) is 5.10 Å². The van der Waals surface area contributed by atoms with Crippen LogP contribution in [0, 0.1) is 0 Å². The van der Waals surface area contributed by atoms with Crippen LogP contribution in [0.15, 0.2) is 10.7 Å². The zero-order valence-corrected chi connectivity index (χ0v) is 8.12. The van der Waals surface area contributed by atoms with Crippen LogP contribution in [0.25, 0.3) is 0 Å². The van der Waals surface area contributed by atoms with Gasteiger partial charge in [0.2, 0.25) is 5.89 Å². The van der Waals surface area contributed by atoms with Gasteiger partial charge in [-0.25, -0.2) is 4.68 Å². The average molecular weight is 207 g/mol. The Morgan fingerprint density at radius 3 is 3.07 bits per heavy atom. The van der Waals surface area contributed by atoms with E-state index >= 15 is 0 Å². The Kier molecular flexibility index (Phi) is 2.53. The van der Waals surface area contributed by atoms with Crippen LogP contribution < -0.4 is 0 Å². The number of carbonyl (C=O) groups excluding carboxylic acids is 1. The van der Waals surface area contributed by atoms with Gasteiger partial charge in [0.05, 0.1) is 6.20 Å². The fourth-order valence-electron chi connectivity index (χ4n) is 1.08. The highest BCUT2D eigenvalue weighted by Crippen LogP contribution is 2.00. The molecule has 0 aliphatic carbocycles. The maximum atomic E-state index is 10.4. The zero-order valence-electron chi connectivity index (χ0n) is 8.12. The molecule has 2 rings (SSSR count). The molecule has 2 aromatic rings. The molecule has 2 heterocycles. The monoisotopic (exact) mass is 207 g/mol. The van der Waals surface area contributed by atoms with Crippen molar-refractivity contribution in [2.24, 2.45) is 0 Å². The summed E-state index contributed by atoms with van der Waals surface area (Å²) in [5.74, 6) is 1.11. The van der Waals surface area contributed by atoms with Crippen LogP contribution in [0.1, 0.15) is 29.1 Å². The Morgan fingerprint density at radius 2 is 2.47 bits per heavy atom. The normalized spacial score (nSPS) is 10.5. The Hall–Kier alpha value is -2.05. The fraction of sp³-hybridized carbons (Fsp3) is 0.375. The molecule has 15 heavy (non-hydrogen) atoms. The predicted molar refractivity (Wildman–Crippen MR) is 48.2 cm³/mol. The second kappa shape index (κ2) is 3.99. The van der Waals surface area contributed by atoms with E-state index in [4.69, 9.17) is 4.52 Å². The quantitative estimate of drug-likeness (QED) is 0.660. The van der Waals surface area contributed by atoms with E-state index in [1.165, 1.54) is 10.9 Å². The third-order valence-corrected chi connectivity index (χ3v) is 1.80. The second-order valence-corrected chi connectivity index (χ2v) is 2.92. The zero-order chi connectivity index (χ0) is 10.7. The number of nitrogens with zero attached hydrogens (tertiary/aromatic N) is 5. The van der Waals surface area contributed by atoms with Crippen LogP contribution in [0.3, 0.4) is 0 Å². The summed E-state index contributed by atoms with van der Waals surface area (Å²) in [5.41, 5.74) is 0.283. The first-order valence-electron chi connectivity index (χ1n) is 4.48. The summed E-state index contributed by atoms with van der Waals surface area (Å²) in [6.45, 7) is 2.27. The van der Waals surface area contributed by atoms with E-state index in [-0.39, 0.29) is 5.69 Å². The molecule has 0 N–H and O–H groups in total. The minimum atomic E-state index is 0.283. The highest BCUT2D eigenvalue weighted by molar-refractivity contribution is 5.70. The smallest absolute Gasteiger partial charge is 0.248 e. The van der Waals surface area contributed by atoms with Gasteiger partial charge >= 0.3 is 0 Å². The van der Waals surface area contributed by atoms with Crippen LogP contribution in [-0.4, -0.2) is 31.4 Å². The summed E-state index contributed by atoms with van der Waals surface area (Å²) >= 11 is 0. The van der Waals surface area contributed by atoms with Crippen molar-refractivity contribution in [2.75, 3.05) is 0 Å². The van der Waals surface area contributed by atoms with Gasteiger partial charge in [-0.1, -0.05) is 17.3 Å². The molecule has 0 fully saturated rings. The summed E-state index contributed by atoms with van der Waals surface area (Å²) in [6, 6.07) is 0. The summed E-state index contributed by atoms with van der Waals surface area (Å²) in [7, 11) is 0. The van der Waals surface area contributed by atoms with E-state index in [9.17, 15) is 4.79 Å². The molecule has 0 saturated carbocycles. The molecule has 0 saturated heterocycles. The van der Waals surface area contributed by atoms with Crippen molar-refractivity contribution in [3.8, 4) is 0 Å². The number of hydrogen-bond acceptors (Lipinski definition) is 6. The number of aryl methyl sites for hydroxylation is 1. The first-order valence-corrected chi connectivity index (χ1v) is 4.48. The summed E-state index contributed by atoms with van der Waals surface area (Å²) < 4.78 is 6.43. The van der Waals surface area contributed by atoms with E-state index in [1.54, 1.807) is 0 Å². The highest BCUT2D eigenvalue weighted by Gasteiger charge is 2.06. The van der Waals surface area contributed by atoms with Crippen molar-refractivity contribution in [1.82, 2.24) is 25.1 Å². The van der Waals surface area contributed by atoms with Gasteiger partial charge in [0.25, 0.3) is 0 Å². The van der Waals surface area contributed by atoms with E-state index in [0.29, 0.717) is 24.5 Å². The number of rotatable bonds is 4. The van der Waals surface area contributed by atoms with Crippen molar-refractivity contribution >= 4 is 6.29 Å². The molecule has 0 atom stereocenters. The van der Waals surface area contributed by atoms with Gasteiger partial charge < -0.3 is 4.52 Å². The standard InChI is InChI=1S/C8H9N5O2/c1-2-7-9-8(15-11-7)4-13-3-6(5-14)10-12-13/h3,5H,2,4H2,1H3. The fourth-order valence-corrected chi connectivity index (χ4v) is 1.08. The molecule has 0 bridgehead atoms. The molecule has 0 amide bonds. The van der Waals surface area contributed by atoms with Crippen LogP contribution >= 0.6 is 0 Å². The summed E-state index contributed by atoms with van der Waals surface area (Å²) in [4.78, 5) is 14.5. The van der Waals surface area contributed by atoms with Gasteiger partial charge in [0.1, 0.15) is 12.2 Å².